The van der Waals surface area contributed by atoms with Crippen LogP contribution in [0.5, 0.6) is 0 Å². The summed E-state index contributed by atoms with van der Waals surface area (Å²) in [6.07, 6.45) is 3.97. The minimum atomic E-state index is -0.492. The zero-order valence-electron chi connectivity index (χ0n) is 10.2. The van der Waals surface area contributed by atoms with Crippen molar-refractivity contribution in [3.63, 3.8) is 0 Å². The predicted molar refractivity (Wildman–Crippen MR) is 63.8 cm³/mol. The van der Waals surface area contributed by atoms with E-state index in [4.69, 9.17) is 5.73 Å². The third-order valence-corrected chi connectivity index (χ3v) is 3.80. The van der Waals surface area contributed by atoms with E-state index < -0.39 is 5.60 Å². The molecule has 0 bridgehead atoms. The van der Waals surface area contributed by atoms with Gasteiger partial charge in [-0.3, -0.25) is 0 Å². The van der Waals surface area contributed by atoms with Crippen molar-refractivity contribution in [1.29, 1.82) is 0 Å². The van der Waals surface area contributed by atoms with Crippen molar-refractivity contribution in [2.24, 2.45) is 11.7 Å². The molecule has 0 radical (unpaired) electrons. The molecule has 0 saturated carbocycles. The molecule has 1 fully saturated rings. The minimum Gasteiger partial charge on any atom is -0.389 e. The highest BCUT2D eigenvalue weighted by Gasteiger charge is 2.37. The fraction of sp³-hybridized carbons (Fsp3) is 1.00. The largest absolute Gasteiger partial charge is 0.389 e. The molecule has 0 spiro atoms. The molecule has 3 heteroatoms. The molecule has 1 unspecified atom stereocenters. The lowest BCUT2D eigenvalue weighted by atomic mass is 9.78. The molecule has 1 rings (SSSR count). The Bertz CT molecular complexity index is 172. The molecule has 3 nitrogen and oxygen atoms in total. The Labute approximate surface area is 93.6 Å². The molecule has 90 valence electrons. The summed E-state index contributed by atoms with van der Waals surface area (Å²) in [6.45, 7) is 8.15. The van der Waals surface area contributed by atoms with E-state index in [0.29, 0.717) is 6.54 Å². The topological polar surface area (TPSA) is 49.5 Å². The van der Waals surface area contributed by atoms with Gasteiger partial charge in [0.1, 0.15) is 0 Å². The quantitative estimate of drug-likeness (QED) is 0.723. The first-order valence-corrected chi connectivity index (χ1v) is 6.31. The molecular weight excluding hydrogens is 188 g/mol. The van der Waals surface area contributed by atoms with Crippen LogP contribution in [0.25, 0.3) is 0 Å². The average molecular weight is 214 g/mol. The minimum absolute atomic E-state index is 0.279. The molecule has 0 aromatic rings. The highest BCUT2D eigenvalue weighted by atomic mass is 16.3. The fourth-order valence-corrected chi connectivity index (χ4v) is 2.65. The number of likely N-dealkylation sites (tertiary alicyclic amines) is 1. The number of hydrogen-bond donors (Lipinski definition) is 2. The number of piperidine rings is 1. The molecule has 0 aliphatic carbocycles. The standard InChI is InChI=1S/C12H26N2O/c1-3-7-14-8-5-12(15,6-9-14)11(4-2)10-13/h11,15H,3-10,13H2,1-2H3. The van der Waals surface area contributed by atoms with Crippen LogP contribution < -0.4 is 5.73 Å². The Morgan fingerprint density at radius 1 is 1.33 bits per heavy atom. The Morgan fingerprint density at radius 2 is 1.93 bits per heavy atom. The van der Waals surface area contributed by atoms with Crippen LogP contribution in [-0.4, -0.2) is 41.8 Å². The Balaban J connectivity index is 2.46. The van der Waals surface area contributed by atoms with E-state index in [9.17, 15) is 5.11 Å². The molecule has 1 atom stereocenters. The SMILES string of the molecule is CCCN1CCC(O)(C(CC)CN)CC1. The van der Waals surface area contributed by atoms with Crippen LogP contribution in [0.2, 0.25) is 0 Å². The van der Waals surface area contributed by atoms with Gasteiger partial charge in [0.2, 0.25) is 0 Å². The Kier molecular flexibility index (Phi) is 5.03. The van der Waals surface area contributed by atoms with Crippen LogP contribution in [0.3, 0.4) is 0 Å². The number of rotatable bonds is 5. The summed E-state index contributed by atoms with van der Waals surface area (Å²) in [5.41, 5.74) is 5.23. The first kappa shape index (κ1) is 12.9. The van der Waals surface area contributed by atoms with Crippen molar-refractivity contribution < 1.29 is 5.11 Å². The lowest BCUT2D eigenvalue weighted by Crippen LogP contribution is -2.50. The summed E-state index contributed by atoms with van der Waals surface area (Å²) >= 11 is 0. The van der Waals surface area contributed by atoms with E-state index in [1.54, 1.807) is 0 Å². The third kappa shape index (κ3) is 3.16. The maximum atomic E-state index is 10.5. The summed E-state index contributed by atoms with van der Waals surface area (Å²) in [5.74, 6) is 0.279. The highest BCUT2D eigenvalue weighted by molar-refractivity contribution is 4.91. The second-order valence-corrected chi connectivity index (χ2v) is 4.79. The van der Waals surface area contributed by atoms with Crippen molar-refractivity contribution >= 4 is 0 Å². The Hall–Kier alpha value is -0.120. The molecule has 3 N–H and O–H groups in total. The second-order valence-electron chi connectivity index (χ2n) is 4.79. The monoisotopic (exact) mass is 214 g/mol. The van der Waals surface area contributed by atoms with Gasteiger partial charge in [-0.05, 0) is 44.7 Å². The number of nitrogens with two attached hydrogens (primary N) is 1. The van der Waals surface area contributed by atoms with Gasteiger partial charge in [-0.2, -0.15) is 0 Å². The lowest BCUT2D eigenvalue weighted by Gasteiger charge is -2.42. The molecule has 0 aromatic carbocycles. The Morgan fingerprint density at radius 3 is 2.33 bits per heavy atom. The van der Waals surface area contributed by atoms with E-state index in [1.807, 2.05) is 0 Å². The van der Waals surface area contributed by atoms with Crippen LogP contribution in [0.15, 0.2) is 0 Å². The molecule has 15 heavy (non-hydrogen) atoms. The summed E-state index contributed by atoms with van der Waals surface area (Å²) in [7, 11) is 0. The van der Waals surface area contributed by atoms with Gasteiger partial charge < -0.3 is 15.7 Å². The van der Waals surface area contributed by atoms with Gasteiger partial charge in [-0.15, -0.1) is 0 Å². The van der Waals surface area contributed by atoms with Gasteiger partial charge in [-0.25, -0.2) is 0 Å². The smallest absolute Gasteiger partial charge is 0.0712 e. The maximum absolute atomic E-state index is 10.5. The third-order valence-electron chi connectivity index (χ3n) is 3.80. The summed E-state index contributed by atoms with van der Waals surface area (Å²) in [6, 6.07) is 0. The molecule has 1 aliphatic heterocycles. The fourth-order valence-electron chi connectivity index (χ4n) is 2.65. The van der Waals surface area contributed by atoms with Crippen molar-refractivity contribution in [3.05, 3.63) is 0 Å². The zero-order chi connectivity index (χ0) is 11.3. The van der Waals surface area contributed by atoms with Gasteiger partial charge in [-0.1, -0.05) is 13.8 Å². The zero-order valence-corrected chi connectivity index (χ0v) is 10.2. The van der Waals surface area contributed by atoms with Gasteiger partial charge in [0.05, 0.1) is 5.60 Å². The van der Waals surface area contributed by atoms with Gasteiger partial charge in [0, 0.05) is 13.1 Å². The van der Waals surface area contributed by atoms with Crippen molar-refractivity contribution in [2.75, 3.05) is 26.2 Å². The predicted octanol–water partition coefficient (Wildman–Crippen LogP) is 1.21. The van der Waals surface area contributed by atoms with Gasteiger partial charge in [0.15, 0.2) is 0 Å². The van der Waals surface area contributed by atoms with Gasteiger partial charge in [0.25, 0.3) is 0 Å². The molecule has 1 aliphatic rings. The van der Waals surface area contributed by atoms with Crippen molar-refractivity contribution in [1.82, 2.24) is 4.90 Å². The first-order chi connectivity index (χ1) is 7.16. The summed E-state index contributed by atoms with van der Waals surface area (Å²) in [4.78, 5) is 2.44. The highest BCUT2D eigenvalue weighted by Crippen LogP contribution is 2.31. The van der Waals surface area contributed by atoms with Crippen molar-refractivity contribution in [3.8, 4) is 0 Å². The van der Waals surface area contributed by atoms with E-state index >= 15 is 0 Å². The molecule has 0 aromatic heterocycles. The first-order valence-electron chi connectivity index (χ1n) is 6.31. The van der Waals surface area contributed by atoms with Crippen LogP contribution in [-0.2, 0) is 0 Å². The van der Waals surface area contributed by atoms with Crippen LogP contribution in [0.1, 0.15) is 39.5 Å². The van der Waals surface area contributed by atoms with E-state index in [-0.39, 0.29) is 5.92 Å². The molecular formula is C12H26N2O. The lowest BCUT2D eigenvalue weighted by molar-refractivity contribution is -0.0653. The van der Waals surface area contributed by atoms with E-state index in [0.717, 1.165) is 38.9 Å². The number of aliphatic hydroxyl groups is 1. The summed E-state index contributed by atoms with van der Waals surface area (Å²) in [5, 5.41) is 10.5. The van der Waals surface area contributed by atoms with E-state index in [2.05, 4.69) is 18.7 Å². The number of nitrogens with zero attached hydrogens (tertiary/aromatic N) is 1. The normalized spacial score (nSPS) is 24.0. The molecule has 1 saturated heterocycles. The average Bonchev–Trinajstić information content (AvgIpc) is 2.24. The van der Waals surface area contributed by atoms with Crippen LogP contribution in [0, 0.1) is 5.92 Å². The molecule has 1 heterocycles. The van der Waals surface area contributed by atoms with Crippen LogP contribution in [0.4, 0.5) is 0 Å². The van der Waals surface area contributed by atoms with Crippen molar-refractivity contribution in [2.45, 2.75) is 45.1 Å². The van der Waals surface area contributed by atoms with Crippen LogP contribution >= 0.6 is 0 Å². The number of hydrogen-bond acceptors (Lipinski definition) is 3. The maximum Gasteiger partial charge on any atom is 0.0712 e. The van der Waals surface area contributed by atoms with Gasteiger partial charge >= 0.3 is 0 Å². The van der Waals surface area contributed by atoms with E-state index in [1.165, 1.54) is 6.42 Å². The molecule has 0 amide bonds. The summed E-state index contributed by atoms with van der Waals surface area (Å²) < 4.78 is 0. The second kappa shape index (κ2) is 5.83.